The van der Waals surface area contributed by atoms with Crippen molar-refractivity contribution in [2.75, 3.05) is 6.54 Å². The van der Waals surface area contributed by atoms with Gasteiger partial charge in [0, 0.05) is 13.0 Å². The number of hydrogen-bond donors (Lipinski definition) is 2. The smallest absolute Gasteiger partial charge is 0.240 e. The summed E-state index contributed by atoms with van der Waals surface area (Å²) in [5, 5.41) is 10.4. The van der Waals surface area contributed by atoms with Crippen LogP contribution in [0.1, 0.15) is 39.0 Å². The van der Waals surface area contributed by atoms with Gasteiger partial charge in [-0.2, -0.15) is 0 Å². The fourth-order valence-electron chi connectivity index (χ4n) is 2.32. The van der Waals surface area contributed by atoms with Gasteiger partial charge in [-0.05, 0) is 42.2 Å². The van der Waals surface area contributed by atoms with E-state index in [9.17, 15) is 13.5 Å². The average Bonchev–Trinajstić information content (AvgIpc) is 2.97. The van der Waals surface area contributed by atoms with Crippen LogP contribution >= 0.6 is 0 Å². The molecular weight excluding hydrogens is 326 g/mol. The molecule has 0 amide bonds. The lowest BCUT2D eigenvalue weighted by atomic mass is 9.87. The molecule has 1 aromatic heterocycles. The molecule has 0 aliphatic heterocycles. The second kappa shape index (κ2) is 6.70. The number of sulfonamides is 1. The van der Waals surface area contributed by atoms with E-state index in [1.165, 1.54) is 6.26 Å². The maximum Gasteiger partial charge on any atom is 0.240 e. The molecular formula is C18H25NO4S. The Morgan fingerprint density at radius 1 is 1.08 bits per heavy atom. The van der Waals surface area contributed by atoms with Crippen LogP contribution in [-0.2, 0) is 21.9 Å². The van der Waals surface area contributed by atoms with Gasteiger partial charge in [0.05, 0.1) is 16.8 Å². The van der Waals surface area contributed by atoms with Crippen LogP contribution in [0.3, 0.4) is 0 Å². The Hall–Kier alpha value is -1.63. The highest BCUT2D eigenvalue weighted by atomic mass is 32.2. The Morgan fingerprint density at radius 3 is 2.21 bits per heavy atom. The molecule has 2 N–H and O–H groups in total. The molecule has 24 heavy (non-hydrogen) atoms. The minimum Gasteiger partial charge on any atom is -0.469 e. The molecule has 0 aliphatic rings. The third kappa shape index (κ3) is 4.93. The Balaban J connectivity index is 2.05. The highest BCUT2D eigenvalue weighted by Gasteiger charge is 2.26. The molecule has 132 valence electrons. The summed E-state index contributed by atoms with van der Waals surface area (Å²) >= 11 is 0. The van der Waals surface area contributed by atoms with E-state index in [1.54, 1.807) is 31.2 Å². The molecule has 6 heteroatoms. The Morgan fingerprint density at radius 2 is 1.71 bits per heavy atom. The van der Waals surface area contributed by atoms with Crippen LogP contribution < -0.4 is 4.72 Å². The summed E-state index contributed by atoms with van der Waals surface area (Å²) in [6.45, 7) is 7.68. The number of rotatable bonds is 6. The summed E-state index contributed by atoms with van der Waals surface area (Å²) in [5.41, 5.74) is -0.218. The first kappa shape index (κ1) is 18.7. The molecule has 0 bridgehead atoms. The van der Waals surface area contributed by atoms with Gasteiger partial charge in [-0.3, -0.25) is 0 Å². The van der Waals surface area contributed by atoms with Crippen molar-refractivity contribution in [2.24, 2.45) is 0 Å². The normalized spacial score (nSPS) is 15.2. The number of benzene rings is 1. The fourth-order valence-corrected chi connectivity index (χ4v) is 3.48. The number of aliphatic hydroxyl groups is 1. The first-order chi connectivity index (χ1) is 11.0. The predicted octanol–water partition coefficient (Wildman–Crippen LogP) is 2.85. The molecule has 0 saturated heterocycles. The van der Waals surface area contributed by atoms with Gasteiger partial charge in [0.25, 0.3) is 0 Å². The zero-order valence-electron chi connectivity index (χ0n) is 14.5. The molecule has 1 heterocycles. The highest BCUT2D eigenvalue weighted by Crippen LogP contribution is 2.23. The Bertz CT molecular complexity index is 754. The second-order valence-corrected chi connectivity index (χ2v) is 9.12. The first-order valence-corrected chi connectivity index (χ1v) is 9.33. The van der Waals surface area contributed by atoms with Crippen molar-refractivity contribution in [3.05, 3.63) is 54.0 Å². The van der Waals surface area contributed by atoms with Crippen LogP contribution in [-0.4, -0.2) is 25.7 Å². The van der Waals surface area contributed by atoms with Crippen LogP contribution in [0, 0.1) is 0 Å². The van der Waals surface area contributed by atoms with Crippen LogP contribution in [0.2, 0.25) is 0 Å². The molecule has 5 nitrogen and oxygen atoms in total. The van der Waals surface area contributed by atoms with E-state index in [0.29, 0.717) is 5.76 Å². The predicted molar refractivity (Wildman–Crippen MR) is 93.4 cm³/mol. The third-order valence-corrected chi connectivity index (χ3v) is 5.23. The van der Waals surface area contributed by atoms with Crippen LogP contribution in [0.4, 0.5) is 0 Å². The molecule has 0 saturated carbocycles. The van der Waals surface area contributed by atoms with Crippen LogP contribution in [0.5, 0.6) is 0 Å². The summed E-state index contributed by atoms with van der Waals surface area (Å²) in [6.07, 6.45) is 1.75. The third-order valence-electron chi connectivity index (χ3n) is 3.81. The summed E-state index contributed by atoms with van der Waals surface area (Å²) in [4.78, 5) is 0.185. The van der Waals surface area contributed by atoms with Gasteiger partial charge in [0.2, 0.25) is 10.0 Å². The number of furan rings is 1. The minimum absolute atomic E-state index is 0.0393. The van der Waals surface area contributed by atoms with Crippen molar-refractivity contribution >= 4 is 10.0 Å². The maximum absolute atomic E-state index is 12.4. The van der Waals surface area contributed by atoms with Gasteiger partial charge in [0.15, 0.2) is 0 Å². The largest absolute Gasteiger partial charge is 0.469 e. The summed E-state index contributed by atoms with van der Waals surface area (Å²) in [7, 11) is -3.68. The summed E-state index contributed by atoms with van der Waals surface area (Å²) < 4.78 is 32.5. The van der Waals surface area contributed by atoms with Crippen molar-refractivity contribution in [3.63, 3.8) is 0 Å². The molecule has 0 aliphatic carbocycles. The van der Waals surface area contributed by atoms with Gasteiger partial charge in [-0.15, -0.1) is 0 Å². The van der Waals surface area contributed by atoms with Crippen molar-refractivity contribution in [2.45, 2.75) is 50.0 Å². The number of nitrogens with one attached hydrogen (secondary N) is 1. The van der Waals surface area contributed by atoms with E-state index in [1.807, 2.05) is 12.1 Å². The molecule has 0 spiro atoms. The lowest BCUT2D eigenvalue weighted by molar-refractivity contribution is 0.0603. The second-order valence-electron chi connectivity index (χ2n) is 7.35. The highest BCUT2D eigenvalue weighted by molar-refractivity contribution is 7.89. The minimum atomic E-state index is -3.68. The lowest BCUT2D eigenvalue weighted by Gasteiger charge is -2.23. The average molecular weight is 351 g/mol. The molecule has 1 unspecified atom stereocenters. The van der Waals surface area contributed by atoms with Gasteiger partial charge >= 0.3 is 0 Å². The molecule has 0 fully saturated rings. The van der Waals surface area contributed by atoms with Crippen molar-refractivity contribution < 1.29 is 17.9 Å². The topological polar surface area (TPSA) is 79.5 Å². The summed E-state index contributed by atoms with van der Waals surface area (Å²) in [6, 6.07) is 10.3. The van der Waals surface area contributed by atoms with E-state index in [4.69, 9.17) is 4.42 Å². The summed E-state index contributed by atoms with van der Waals surface area (Å²) in [5.74, 6) is 0.605. The van der Waals surface area contributed by atoms with E-state index in [-0.39, 0.29) is 23.3 Å². The zero-order chi connectivity index (χ0) is 18.0. The standard InChI is InChI=1S/C18H25NO4S/c1-17(2,3)14-7-9-16(10-8-14)24(21,22)19-13-18(4,20)12-15-6-5-11-23-15/h5-11,19-20H,12-13H2,1-4H3. The molecule has 0 radical (unpaired) electrons. The molecule has 1 atom stereocenters. The van der Waals surface area contributed by atoms with Crippen LogP contribution in [0.25, 0.3) is 0 Å². The van der Waals surface area contributed by atoms with Crippen molar-refractivity contribution in [3.8, 4) is 0 Å². The molecule has 1 aromatic carbocycles. The monoisotopic (exact) mass is 351 g/mol. The van der Waals surface area contributed by atoms with Gasteiger partial charge in [-0.25, -0.2) is 13.1 Å². The quantitative estimate of drug-likeness (QED) is 0.839. The zero-order valence-corrected chi connectivity index (χ0v) is 15.4. The van der Waals surface area contributed by atoms with Crippen LogP contribution in [0.15, 0.2) is 52.0 Å². The van der Waals surface area contributed by atoms with Crippen molar-refractivity contribution in [1.29, 1.82) is 0 Å². The molecule has 2 rings (SSSR count). The maximum atomic E-state index is 12.4. The Labute approximate surface area is 143 Å². The van der Waals surface area contributed by atoms with Gasteiger partial charge in [-0.1, -0.05) is 32.9 Å². The lowest BCUT2D eigenvalue weighted by Crippen LogP contribution is -2.42. The first-order valence-electron chi connectivity index (χ1n) is 7.85. The van der Waals surface area contributed by atoms with E-state index in [2.05, 4.69) is 25.5 Å². The van der Waals surface area contributed by atoms with Gasteiger partial charge in [0.1, 0.15) is 5.76 Å². The van der Waals surface area contributed by atoms with Crippen molar-refractivity contribution in [1.82, 2.24) is 4.72 Å². The van der Waals surface area contributed by atoms with E-state index < -0.39 is 15.6 Å². The van der Waals surface area contributed by atoms with Gasteiger partial charge < -0.3 is 9.52 Å². The fraction of sp³-hybridized carbons (Fsp3) is 0.444. The SMILES string of the molecule is CC(O)(CNS(=O)(=O)c1ccc(C(C)(C)C)cc1)Cc1ccco1. The van der Waals surface area contributed by atoms with E-state index in [0.717, 1.165) is 5.56 Å². The molecule has 2 aromatic rings. The van der Waals surface area contributed by atoms with E-state index >= 15 is 0 Å². The number of hydrogen-bond acceptors (Lipinski definition) is 4. The Kier molecular flexibility index (Phi) is 5.22.